The van der Waals surface area contributed by atoms with Crippen LogP contribution >= 0.6 is 0 Å². The molecule has 0 radical (unpaired) electrons. The van der Waals surface area contributed by atoms with Crippen LogP contribution in [0.4, 0.5) is 0 Å². The Balaban J connectivity index is 0.586. The number of carbonyl (C=O) groups excluding carboxylic acids is 2. The Labute approximate surface area is 738 Å². The number of amides is 1. The molecule has 1 aromatic heterocycles. The van der Waals surface area contributed by atoms with E-state index in [4.69, 9.17) is 85.3 Å². The quantitative estimate of drug-likeness (QED) is 0.0453. The number of nitrogens with zero attached hydrogens (tertiary/aromatic N) is 3. The molecule has 22 N–H and O–H groups in total. The summed E-state index contributed by atoms with van der Waals surface area (Å²) in [5, 5.41) is 250. The van der Waals surface area contributed by atoms with E-state index in [2.05, 4.69) is 64.1 Å². The molecular formula is C83H134N4O41. The van der Waals surface area contributed by atoms with Crippen LogP contribution in [0.15, 0.2) is 17.8 Å². The SMILES string of the molecule is CC1(C)[C@@H](O)CC[C@]2(C)[C@H]3C(=O)C=C4[C@@H]5C[C@@](C)(C(=O)NCCOCCOCCOCCOCc6cn(C[C@H]7O[C@@H]8O[C@H]9[C@H](O)[C@@H](O)[C@@H](O[C@H]%10[C@H](O)[C@@H](O)[C@@H](O[C@H]%11[C@H](O)[C@@H](O)[C@@H](O[C@H]%12[C@H](O)[C@@H](O)[C@@H](O[C@H]%13[C@H](O)[C@@H](O)[C@@H](O[C@H]%14[C@H](O)[C@@H](O)[C@@H](O[C@H]7[C@H](O)[C@H]8O)O[C@@H]%14CO)O[C@@H]%13CO)O[C@@H]%12CO)O[C@@H]%11CO)O[C@@H]%10CO)O[C@@H]9CO)nn6)CC[C@]5(C)CC[C@@]4(C)[C@]3(C)CC[C@@H]12. The molecule has 21 saturated heterocycles. The number of hydrogen-bond donors (Lipinski definition) is 22. The number of aliphatic hydroxyl groups excluding tert-OH is 21. The molecule has 22 heterocycles. The van der Waals surface area contributed by atoms with Gasteiger partial charge in [-0.15, -0.1) is 5.10 Å². The van der Waals surface area contributed by atoms with Crippen molar-refractivity contribution in [3.05, 3.63) is 23.5 Å². The lowest BCUT2D eigenvalue weighted by Crippen LogP contribution is -2.68. The molecule has 26 aliphatic rings. The summed E-state index contributed by atoms with van der Waals surface area (Å²) in [7, 11) is 0. The maximum absolute atomic E-state index is 14.8. The number of rotatable bonds is 23. The molecule has 0 aromatic carbocycles. The van der Waals surface area contributed by atoms with Gasteiger partial charge in [0.1, 0.15) is 177 Å². The summed E-state index contributed by atoms with van der Waals surface area (Å²) in [5.41, 5.74) is -0.164. The molecule has 0 unspecified atom stereocenters. The lowest BCUT2D eigenvalue weighted by atomic mass is 9.33. The average Bonchev–Trinajstić information content (AvgIpc) is 0.734. The molecule has 732 valence electrons. The van der Waals surface area contributed by atoms with Crippen LogP contribution in [0.5, 0.6) is 0 Å². The molecule has 44 atom stereocenters. The Bertz CT molecular complexity index is 3810. The first-order valence-corrected chi connectivity index (χ1v) is 44.6. The smallest absolute Gasteiger partial charge is 0.226 e. The Morgan fingerprint density at radius 3 is 1.14 bits per heavy atom. The first-order valence-electron chi connectivity index (χ1n) is 44.6. The summed E-state index contributed by atoms with van der Waals surface area (Å²) < 4.78 is 107. The van der Waals surface area contributed by atoms with E-state index in [0.717, 1.165) is 44.9 Å². The van der Waals surface area contributed by atoms with Gasteiger partial charge in [-0.05, 0) is 103 Å². The van der Waals surface area contributed by atoms with E-state index >= 15 is 0 Å². The molecule has 25 fully saturated rings. The third-order valence-electron chi connectivity index (χ3n) is 30.6. The zero-order chi connectivity index (χ0) is 92.3. The zero-order valence-corrected chi connectivity index (χ0v) is 72.7. The molecule has 5 aliphatic carbocycles. The van der Waals surface area contributed by atoms with E-state index in [-0.39, 0.29) is 115 Å². The fraction of sp³-hybridized carbons (Fsp3) is 0.928. The minimum atomic E-state index is -2.26. The van der Waals surface area contributed by atoms with Crippen molar-refractivity contribution in [3.8, 4) is 0 Å². The van der Waals surface area contributed by atoms with Crippen molar-refractivity contribution in [1.82, 2.24) is 20.3 Å². The Hall–Kier alpha value is -3.54. The van der Waals surface area contributed by atoms with E-state index in [9.17, 15) is 117 Å². The van der Waals surface area contributed by atoms with Crippen LogP contribution in [-0.4, -0.2) is 447 Å². The molecule has 1 aromatic rings. The number of nitrogens with one attached hydrogen (secondary N) is 1. The summed E-state index contributed by atoms with van der Waals surface area (Å²) in [6.07, 6.45) is -60.8. The average molecular weight is 1840 g/mol. The second-order valence-corrected chi connectivity index (χ2v) is 38.7. The fourth-order valence-corrected chi connectivity index (χ4v) is 22.8. The molecular weight excluding hydrogens is 1710 g/mol. The first kappa shape index (κ1) is 100. The van der Waals surface area contributed by atoms with Crippen LogP contribution in [0.2, 0.25) is 0 Å². The van der Waals surface area contributed by atoms with Crippen molar-refractivity contribution in [1.29, 1.82) is 0 Å². The highest BCUT2D eigenvalue weighted by Crippen LogP contribution is 2.75. The van der Waals surface area contributed by atoms with Gasteiger partial charge in [-0.2, -0.15) is 0 Å². The van der Waals surface area contributed by atoms with Crippen molar-refractivity contribution in [3.63, 3.8) is 0 Å². The number of ether oxygens (including phenoxy) is 18. The lowest BCUT2D eigenvalue weighted by Gasteiger charge is -2.70. The van der Waals surface area contributed by atoms with Crippen LogP contribution in [0.3, 0.4) is 0 Å². The van der Waals surface area contributed by atoms with Crippen molar-refractivity contribution in [2.75, 3.05) is 92.4 Å². The highest BCUT2D eigenvalue weighted by molar-refractivity contribution is 5.96. The maximum Gasteiger partial charge on any atom is 0.226 e. The molecule has 21 aliphatic heterocycles. The van der Waals surface area contributed by atoms with Crippen LogP contribution in [-0.2, 0) is 108 Å². The van der Waals surface area contributed by atoms with Crippen LogP contribution < -0.4 is 5.32 Å². The molecule has 1 amide bonds. The second kappa shape index (κ2) is 41.0. The van der Waals surface area contributed by atoms with Gasteiger partial charge in [-0.25, -0.2) is 4.68 Å². The molecule has 0 spiro atoms. The van der Waals surface area contributed by atoms with Gasteiger partial charge in [0.15, 0.2) is 49.8 Å². The third-order valence-corrected chi connectivity index (χ3v) is 30.6. The van der Waals surface area contributed by atoms with Gasteiger partial charge < -0.3 is 198 Å². The van der Waals surface area contributed by atoms with Gasteiger partial charge in [0.25, 0.3) is 0 Å². The predicted octanol–water partition coefficient (Wildman–Crippen LogP) is -8.91. The van der Waals surface area contributed by atoms with Gasteiger partial charge in [-0.1, -0.05) is 59.3 Å². The number of hydrogen-bond acceptors (Lipinski definition) is 43. The van der Waals surface area contributed by atoms with E-state index in [0.29, 0.717) is 19.4 Å². The largest absolute Gasteiger partial charge is 0.394 e. The van der Waals surface area contributed by atoms with Crippen molar-refractivity contribution in [2.24, 2.45) is 50.2 Å². The number of fused-ring (bicyclic) bond motifs is 7. The van der Waals surface area contributed by atoms with Crippen LogP contribution in [0.1, 0.15) is 112 Å². The minimum Gasteiger partial charge on any atom is -0.394 e. The standard InChI is InChI=1S/C83H134N4O41/c1-78(2)46-8-11-83(7)69(81(46,5)10-9-47(78)95)38(94)24-36-37-25-80(4,13-12-79(37,3)14-15-82(36,83)6)77(110)84-16-17-111-18-19-112-20-21-113-22-23-114-34-35-26-87(86-85-35)27-39-62-48(96)55(103)70(115-39)123-63-40(28-88)117-72(57(105)50(63)98)125-65-42(30-90)119-74(59(107)52(65)100)127-67-44(32-92)121-76(61(109)54(67)102)128-68-45(33-93)120-75(60(108)53(68)101)126-66-43(31-91)118-73(58(106)51(66)99)124-64-41(29-89)116-71(122-62)56(104)49(64)97/h24,26,37,39-76,88-93,95-109H,8-23,25,27-34H2,1-7H3,(H,84,110)/t37-,39+,40+,41+,42+,43+,44+,45+,46-,47-,48+,49+,50+,51+,52+,53+,54+,55+,56+,57+,58+,59+,60+,61+,62+,63+,64+,65+,66+,67+,68+,69+,70+,71+,72+,73+,74+,75+,76+,79+,80-,81-,82+,83+/m0/s1. The van der Waals surface area contributed by atoms with Crippen LogP contribution in [0, 0.1) is 50.2 Å². The number of allylic oxidation sites excluding steroid dienone is 2. The maximum atomic E-state index is 14.8. The molecule has 14 bridgehead atoms. The molecule has 45 nitrogen and oxygen atoms in total. The van der Waals surface area contributed by atoms with E-state index in [1.54, 1.807) is 0 Å². The van der Waals surface area contributed by atoms with Gasteiger partial charge in [0.2, 0.25) is 5.91 Å². The fourth-order valence-electron chi connectivity index (χ4n) is 22.8. The van der Waals surface area contributed by atoms with Gasteiger partial charge in [-0.3, -0.25) is 9.59 Å². The topological polar surface area (TPSA) is 668 Å². The first-order chi connectivity index (χ1) is 60.8. The molecule has 27 rings (SSSR count). The van der Waals surface area contributed by atoms with E-state index in [1.807, 2.05) is 6.08 Å². The number of aromatic nitrogens is 3. The van der Waals surface area contributed by atoms with Crippen molar-refractivity contribution < 1.29 is 202 Å². The van der Waals surface area contributed by atoms with Gasteiger partial charge >= 0.3 is 0 Å². The predicted molar refractivity (Wildman–Crippen MR) is 422 cm³/mol. The summed E-state index contributed by atoms with van der Waals surface area (Å²) in [6.45, 7) is 10.4. The summed E-state index contributed by atoms with van der Waals surface area (Å²) in [5.74, 6) is 0.386. The molecule has 4 saturated carbocycles. The Kier molecular flexibility index (Phi) is 32.2. The van der Waals surface area contributed by atoms with E-state index in [1.165, 1.54) is 16.5 Å². The van der Waals surface area contributed by atoms with Gasteiger partial charge in [0.05, 0.1) is 111 Å². The highest BCUT2D eigenvalue weighted by Gasteiger charge is 2.71. The summed E-state index contributed by atoms with van der Waals surface area (Å²) in [4.78, 5) is 29.0. The third kappa shape index (κ3) is 19.2. The number of ketones is 1. The minimum absolute atomic E-state index is 0.0256. The Morgan fingerprint density at radius 2 is 0.766 bits per heavy atom. The summed E-state index contributed by atoms with van der Waals surface area (Å²) in [6, 6.07) is 0. The van der Waals surface area contributed by atoms with Crippen LogP contribution in [0.25, 0.3) is 0 Å². The second-order valence-electron chi connectivity index (χ2n) is 38.7. The van der Waals surface area contributed by atoms with Crippen molar-refractivity contribution in [2.45, 2.75) is 340 Å². The monoisotopic (exact) mass is 1840 g/mol. The van der Waals surface area contributed by atoms with Gasteiger partial charge in [0, 0.05) is 17.9 Å². The lowest BCUT2D eigenvalue weighted by molar-refractivity contribution is -0.396. The molecule has 128 heavy (non-hydrogen) atoms. The van der Waals surface area contributed by atoms with Crippen molar-refractivity contribution >= 4 is 11.7 Å². The molecule has 45 heteroatoms. The normalized spacial score (nSPS) is 49.4. The van der Waals surface area contributed by atoms with E-state index < -0.39 is 273 Å². The number of carbonyl (C=O) groups is 2. The number of aliphatic hydroxyl groups is 21. The highest BCUT2D eigenvalue weighted by atomic mass is 16.8. The zero-order valence-electron chi connectivity index (χ0n) is 72.7. The Morgan fingerprint density at radius 1 is 0.422 bits per heavy atom. The summed E-state index contributed by atoms with van der Waals surface area (Å²) >= 11 is 0.